The van der Waals surface area contributed by atoms with E-state index in [0.717, 1.165) is 20.6 Å². The fraction of sp³-hybridized carbons (Fsp3) is 0.200. The minimum Gasteiger partial charge on any atom is -0.367 e. The molecular formula is C10H10N2S3. The molecule has 1 unspecified atom stereocenters. The van der Waals surface area contributed by atoms with Crippen molar-refractivity contribution in [3.63, 3.8) is 0 Å². The van der Waals surface area contributed by atoms with Crippen molar-refractivity contribution in [3.05, 3.63) is 24.3 Å². The summed E-state index contributed by atoms with van der Waals surface area (Å²) in [5.74, 6) is 0. The Bertz CT molecular complexity index is 477. The van der Waals surface area contributed by atoms with Crippen LogP contribution in [0.3, 0.4) is 0 Å². The number of para-hydroxylation sites is 1. The van der Waals surface area contributed by atoms with Crippen LogP contribution in [0.15, 0.2) is 34.2 Å². The first-order chi connectivity index (χ1) is 7.11. The van der Waals surface area contributed by atoms with Crippen LogP contribution in [0.1, 0.15) is 0 Å². The summed E-state index contributed by atoms with van der Waals surface area (Å²) in [4.78, 5) is 8.23. The second kappa shape index (κ2) is 4.08. The Hall–Kier alpha value is -0.650. The average molecular weight is 254 g/mol. The topological polar surface area (TPSA) is 15.6 Å². The van der Waals surface area contributed by atoms with E-state index < -0.39 is 0 Å². The summed E-state index contributed by atoms with van der Waals surface area (Å²) in [7, 11) is 3.45. The van der Waals surface area contributed by atoms with E-state index in [2.05, 4.69) is 4.99 Å². The highest BCUT2D eigenvalue weighted by atomic mass is 32.8. The zero-order valence-electron chi connectivity index (χ0n) is 8.43. The lowest BCUT2D eigenvalue weighted by Crippen LogP contribution is -2.29. The molecule has 0 spiro atoms. The average Bonchev–Trinajstić information content (AvgIpc) is 2.56. The Morgan fingerprint density at radius 3 is 2.60 bits per heavy atom. The van der Waals surface area contributed by atoms with Gasteiger partial charge in [0.1, 0.15) is 10.0 Å². The lowest BCUT2D eigenvalue weighted by atomic mass is 10.3. The molecule has 0 bridgehead atoms. The molecule has 0 amide bonds. The Balaban J connectivity index is 2.43. The number of benzene rings is 1. The van der Waals surface area contributed by atoms with Crippen LogP contribution in [0.4, 0.5) is 5.69 Å². The highest BCUT2D eigenvalue weighted by molar-refractivity contribution is 8.39. The van der Waals surface area contributed by atoms with Gasteiger partial charge in [-0.1, -0.05) is 24.4 Å². The fourth-order valence-electron chi connectivity index (χ4n) is 1.28. The molecule has 5 heteroatoms. The van der Waals surface area contributed by atoms with E-state index >= 15 is 0 Å². The molecule has 0 saturated heterocycles. The molecule has 0 aromatic heterocycles. The van der Waals surface area contributed by atoms with Gasteiger partial charge in [0.05, 0.1) is 5.69 Å². The summed E-state index contributed by atoms with van der Waals surface area (Å²) in [5, 5.41) is 0.853. The maximum atomic E-state index is 5.46. The first-order valence-electron chi connectivity index (χ1n) is 4.42. The maximum Gasteiger partial charge on any atom is 0.140 e. The van der Waals surface area contributed by atoms with Crippen LogP contribution in [0, 0.1) is 0 Å². The molecule has 0 saturated carbocycles. The SMILES string of the molecule is CN(C)C(=S)C1=Nc2ccccc2S1=S. The van der Waals surface area contributed by atoms with Crippen molar-refractivity contribution < 1.29 is 0 Å². The smallest absolute Gasteiger partial charge is 0.140 e. The van der Waals surface area contributed by atoms with Crippen molar-refractivity contribution >= 4 is 48.6 Å². The summed E-state index contributed by atoms with van der Waals surface area (Å²) in [6, 6.07) is 7.96. The minimum absolute atomic E-state index is 0.386. The van der Waals surface area contributed by atoms with Gasteiger partial charge in [0.25, 0.3) is 0 Å². The van der Waals surface area contributed by atoms with Crippen LogP contribution in [0.25, 0.3) is 0 Å². The van der Waals surface area contributed by atoms with E-state index in [1.54, 1.807) is 0 Å². The molecule has 0 aliphatic carbocycles. The fourth-order valence-corrected chi connectivity index (χ4v) is 3.74. The van der Waals surface area contributed by atoms with Crippen molar-refractivity contribution in [1.82, 2.24) is 4.90 Å². The Morgan fingerprint density at radius 2 is 2.00 bits per heavy atom. The van der Waals surface area contributed by atoms with Crippen LogP contribution in [0.5, 0.6) is 0 Å². The second-order valence-electron chi connectivity index (χ2n) is 3.35. The molecule has 2 nitrogen and oxygen atoms in total. The van der Waals surface area contributed by atoms with E-state index in [-0.39, 0.29) is 9.45 Å². The highest BCUT2D eigenvalue weighted by Gasteiger charge is 2.23. The number of nitrogens with zero attached hydrogens (tertiary/aromatic N) is 2. The third-order valence-electron chi connectivity index (χ3n) is 2.05. The Kier molecular flexibility index (Phi) is 2.95. The molecule has 1 aromatic carbocycles. The molecule has 2 rings (SSSR count). The van der Waals surface area contributed by atoms with Crippen molar-refractivity contribution in [2.24, 2.45) is 4.99 Å². The number of fused-ring (bicyclic) bond motifs is 1. The molecule has 0 N–H and O–H groups in total. The van der Waals surface area contributed by atoms with Crippen molar-refractivity contribution in [2.75, 3.05) is 14.1 Å². The number of aliphatic imine (C=N–C) groups is 1. The van der Waals surface area contributed by atoms with E-state index in [1.165, 1.54) is 0 Å². The van der Waals surface area contributed by atoms with Crippen molar-refractivity contribution in [2.45, 2.75) is 4.90 Å². The summed E-state index contributed by atoms with van der Waals surface area (Å²) >= 11 is 10.8. The van der Waals surface area contributed by atoms with Crippen LogP contribution in [0.2, 0.25) is 0 Å². The summed E-state index contributed by atoms with van der Waals surface area (Å²) in [6.07, 6.45) is 0. The summed E-state index contributed by atoms with van der Waals surface area (Å²) in [5.41, 5.74) is 0.968. The molecular weight excluding hydrogens is 244 g/mol. The molecule has 0 fully saturated rings. The standard InChI is InChI=1S/C10H10N2S3/c1-12(2)10(13)9-11-7-5-3-4-6-8(7)15(9)14/h3-6H,1-2H3. The normalized spacial score (nSPS) is 18.3. The van der Waals surface area contributed by atoms with E-state index in [1.807, 2.05) is 43.3 Å². The molecule has 78 valence electrons. The first kappa shape index (κ1) is 10.9. The lowest BCUT2D eigenvalue weighted by molar-refractivity contribution is 0.644. The van der Waals surface area contributed by atoms with E-state index in [4.69, 9.17) is 23.4 Å². The summed E-state index contributed by atoms with van der Waals surface area (Å²) in [6.45, 7) is 0. The van der Waals surface area contributed by atoms with Gasteiger partial charge in [-0.2, -0.15) is 0 Å². The molecule has 1 aliphatic rings. The van der Waals surface area contributed by atoms with Crippen LogP contribution in [-0.2, 0) is 20.6 Å². The van der Waals surface area contributed by atoms with Gasteiger partial charge in [-0.3, -0.25) is 0 Å². The molecule has 1 aromatic rings. The predicted octanol–water partition coefficient (Wildman–Crippen LogP) is 2.06. The molecule has 0 radical (unpaired) electrons. The maximum absolute atomic E-state index is 5.46. The zero-order chi connectivity index (χ0) is 11.0. The highest BCUT2D eigenvalue weighted by Crippen LogP contribution is 2.30. The van der Waals surface area contributed by atoms with Gasteiger partial charge in [-0.05, 0) is 32.8 Å². The van der Waals surface area contributed by atoms with Crippen molar-refractivity contribution in [1.29, 1.82) is 0 Å². The molecule has 1 aliphatic heterocycles. The Labute approximate surface area is 102 Å². The van der Waals surface area contributed by atoms with Crippen LogP contribution < -0.4 is 0 Å². The lowest BCUT2D eigenvalue weighted by Gasteiger charge is -2.13. The van der Waals surface area contributed by atoms with Gasteiger partial charge in [-0.25, -0.2) is 4.99 Å². The Morgan fingerprint density at radius 1 is 1.33 bits per heavy atom. The van der Waals surface area contributed by atoms with Crippen LogP contribution >= 0.6 is 12.2 Å². The first-order valence-corrected chi connectivity index (χ1v) is 6.98. The van der Waals surface area contributed by atoms with Crippen LogP contribution in [-0.4, -0.2) is 29.0 Å². The summed E-state index contributed by atoms with van der Waals surface area (Å²) < 4.78 is 0. The van der Waals surface area contributed by atoms with Gasteiger partial charge in [0.15, 0.2) is 0 Å². The predicted molar refractivity (Wildman–Crippen MR) is 72.8 cm³/mol. The van der Waals surface area contributed by atoms with E-state index in [9.17, 15) is 0 Å². The molecule has 1 atom stereocenters. The third-order valence-corrected chi connectivity index (χ3v) is 5.13. The second-order valence-corrected chi connectivity index (χ2v) is 6.10. The van der Waals surface area contributed by atoms with Gasteiger partial charge in [-0.15, -0.1) is 0 Å². The largest absolute Gasteiger partial charge is 0.367 e. The number of hydrogen-bond acceptors (Lipinski definition) is 3. The quantitative estimate of drug-likeness (QED) is 0.713. The molecule has 1 heterocycles. The number of rotatable bonds is 1. The third kappa shape index (κ3) is 1.87. The number of hydrogen-bond donors (Lipinski definition) is 0. The van der Waals surface area contributed by atoms with Crippen molar-refractivity contribution in [3.8, 4) is 0 Å². The molecule has 15 heavy (non-hydrogen) atoms. The minimum atomic E-state index is -0.386. The van der Waals surface area contributed by atoms with E-state index in [0.29, 0.717) is 0 Å². The van der Waals surface area contributed by atoms with Gasteiger partial charge in [0.2, 0.25) is 0 Å². The zero-order valence-corrected chi connectivity index (χ0v) is 10.9. The number of thiocarbonyl (C=S) groups is 1. The monoisotopic (exact) mass is 254 g/mol. The van der Waals surface area contributed by atoms with Gasteiger partial charge >= 0.3 is 0 Å². The van der Waals surface area contributed by atoms with Gasteiger partial charge in [0, 0.05) is 19.0 Å². The van der Waals surface area contributed by atoms with Gasteiger partial charge < -0.3 is 4.90 Å².